The van der Waals surface area contributed by atoms with Crippen LogP contribution < -0.4 is 10.3 Å². The minimum Gasteiger partial charge on any atom is -0.481 e. The highest BCUT2D eigenvalue weighted by Gasteiger charge is 2.21. The van der Waals surface area contributed by atoms with Gasteiger partial charge in [-0.2, -0.15) is 9.78 Å². The highest BCUT2D eigenvalue weighted by atomic mass is 79.9. The highest BCUT2D eigenvalue weighted by molar-refractivity contribution is 9.10. The monoisotopic (exact) mass is 568 g/mol. The fourth-order valence-corrected chi connectivity index (χ4v) is 4.53. The summed E-state index contributed by atoms with van der Waals surface area (Å²) in [4.78, 5) is 29.6. The number of aryl methyl sites for hydroxylation is 1. The summed E-state index contributed by atoms with van der Waals surface area (Å²) in [5.74, 6) is 0.392. The van der Waals surface area contributed by atoms with E-state index in [1.807, 2.05) is 67.6 Å². The van der Waals surface area contributed by atoms with Crippen molar-refractivity contribution in [2.24, 2.45) is 5.10 Å². The number of halogens is 1. The lowest BCUT2D eigenvalue weighted by atomic mass is 10.1. The summed E-state index contributed by atoms with van der Waals surface area (Å²) < 4.78 is 7.65. The number of nitro groups is 1. The Labute approximate surface area is 226 Å². The van der Waals surface area contributed by atoms with Crippen molar-refractivity contribution in [3.05, 3.63) is 133 Å². The molecule has 1 heterocycles. The molecule has 0 aliphatic carbocycles. The van der Waals surface area contributed by atoms with Gasteiger partial charge in [-0.1, -0.05) is 88.2 Å². The molecule has 0 aliphatic rings. The summed E-state index contributed by atoms with van der Waals surface area (Å²) in [6.45, 7) is 2.08. The molecule has 0 saturated carbocycles. The molecule has 0 spiro atoms. The lowest BCUT2D eigenvalue weighted by Gasteiger charge is -2.12. The largest absolute Gasteiger partial charge is 0.481 e. The number of nitrogens with zero attached hydrogens (tertiary/aromatic N) is 4. The van der Waals surface area contributed by atoms with Gasteiger partial charge in [-0.15, -0.1) is 0 Å². The fraction of sp³-hybridized carbons (Fsp3) is 0.0690. The smallest absolute Gasteiger partial charge is 0.312 e. The minimum absolute atomic E-state index is 0.0477. The van der Waals surface area contributed by atoms with E-state index in [1.165, 1.54) is 17.0 Å². The predicted molar refractivity (Wildman–Crippen MR) is 151 cm³/mol. The predicted octanol–water partition coefficient (Wildman–Crippen LogP) is 6.50. The number of benzene rings is 4. The maximum absolute atomic E-state index is 13.5. The molecule has 0 atom stereocenters. The Bertz CT molecular complexity index is 1750. The van der Waals surface area contributed by atoms with Gasteiger partial charge in [0.25, 0.3) is 5.56 Å². The molecule has 4 aromatic carbocycles. The summed E-state index contributed by atoms with van der Waals surface area (Å²) in [6.07, 6.45) is 1.38. The third-order valence-electron chi connectivity index (χ3n) is 5.82. The molecule has 0 saturated heterocycles. The van der Waals surface area contributed by atoms with Crippen molar-refractivity contribution in [3.63, 3.8) is 0 Å². The van der Waals surface area contributed by atoms with E-state index in [2.05, 4.69) is 26.0 Å². The van der Waals surface area contributed by atoms with Crippen LogP contribution in [-0.4, -0.2) is 20.8 Å². The van der Waals surface area contributed by atoms with Gasteiger partial charge in [0.15, 0.2) is 5.82 Å². The van der Waals surface area contributed by atoms with Crippen LogP contribution in [0.1, 0.15) is 16.7 Å². The van der Waals surface area contributed by atoms with Gasteiger partial charge < -0.3 is 4.74 Å². The first-order valence-corrected chi connectivity index (χ1v) is 12.5. The lowest BCUT2D eigenvalue weighted by molar-refractivity contribution is -0.386. The van der Waals surface area contributed by atoms with Crippen LogP contribution in [0.5, 0.6) is 5.75 Å². The Hall–Kier alpha value is -4.63. The first kappa shape index (κ1) is 25.0. The van der Waals surface area contributed by atoms with E-state index in [9.17, 15) is 14.9 Å². The number of hydrogen-bond donors (Lipinski definition) is 0. The number of fused-ring (bicyclic) bond motifs is 1. The molecule has 0 bridgehead atoms. The third-order valence-corrected chi connectivity index (χ3v) is 6.28. The molecule has 0 N–H and O–H groups in total. The zero-order chi connectivity index (χ0) is 26.6. The van der Waals surface area contributed by atoms with Crippen LogP contribution in [0, 0.1) is 17.0 Å². The average Bonchev–Trinajstić information content (AvgIpc) is 2.92. The van der Waals surface area contributed by atoms with Crippen molar-refractivity contribution in [2.45, 2.75) is 13.5 Å². The van der Waals surface area contributed by atoms with Gasteiger partial charge in [0, 0.05) is 21.7 Å². The summed E-state index contributed by atoms with van der Waals surface area (Å²) in [5, 5.41) is 16.8. The Kier molecular flexibility index (Phi) is 7.10. The van der Waals surface area contributed by atoms with Gasteiger partial charge in [-0.3, -0.25) is 14.9 Å². The number of rotatable bonds is 7. The van der Waals surface area contributed by atoms with E-state index >= 15 is 0 Å². The average molecular weight is 569 g/mol. The van der Waals surface area contributed by atoms with Crippen molar-refractivity contribution in [1.82, 2.24) is 9.66 Å². The standard InChI is InChI=1S/C29H21BrN4O4/c1-19-8-7-9-20(14-19)18-38-27-22(15-23(30)16-26(27)34(36)37)17-31-33-28(21-10-3-2-4-11-21)32-25-13-6-5-12-24(25)29(33)35/h2-17H,18H2,1H3. The molecule has 0 radical (unpaired) electrons. The highest BCUT2D eigenvalue weighted by Crippen LogP contribution is 2.34. The van der Waals surface area contributed by atoms with E-state index in [4.69, 9.17) is 4.74 Å². The molecule has 8 nitrogen and oxygen atoms in total. The number of nitro benzene ring substituents is 1. The zero-order valence-electron chi connectivity index (χ0n) is 20.2. The Balaban J connectivity index is 1.64. The zero-order valence-corrected chi connectivity index (χ0v) is 21.8. The van der Waals surface area contributed by atoms with Gasteiger partial charge in [-0.25, -0.2) is 4.98 Å². The number of ether oxygens (including phenoxy) is 1. The molecular formula is C29H21BrN4O4. The summed E-state index contributed by atoms with van der Waals surface area (Å²) in [6, 6.07) is 27.0. The molecule has 0 aliphatic heterocycles. The van der Waals surface area contributed by atoms with Gasteiger partial charge in [0.2, 0.25) is 5.75 Å². The quantitative estimate of drug-likeness (QED) is 0.127. The van der Waals surface area contributed by atoms with E-state index in [1.54, 1.807) is 24.3 Å². The van der Waals surface area contributed by atoms with Crippen LogP contribution in [0.25, 0.3) is 22.3 Å². The molecule has 0 amide bonds. The fourth-order valence-electron chi connectivity index (χ4n) is 4.07. The van der Waals surface area contributed by atoms with Crippen LogP contribution in [-0.2, 0) is 6.61 Å². The lowest BCUT2D eigenvalue weighted by Crippen LogP contribution is -2.20. The third kappa shape index (κ3) is 5.23. The van der Waals surface area contributed by atoms with Crippen molar-refractivity contribution < 1.29 is 9.66 Å². The second-order valence-corrected chi connectivity index (χ2v) is 9.47. The number of hydrogen-bond acceptors (Lipinski definition) is 6. The van der Waals surface area contributed by atoms with Crippen molar-refractivity contribution in [1.29, 1.82) is 0 Å². The molecular weight excluding hydrogens is 548 g/mol. The maximum atomic E-state index is 13.5. The molecule has 38 heavy (non-hydrogen) atoms. The molecule has 188 valence electrons. The number of para-hydroxylation sites is 1. The second kappa shape index (κ2) is 10.8. The second-order valence-electron chi connectivity index (χ2n) is 8.56. The molecule has 0 fully saturated rings. The van der Waals surface area contributed by atoms with E-state index in [0.29, 0.717) is 32.3 Å². The first-order chi connectivity index (χ1) is 18.4. The molecule has 0 unspecified atom stereocenters. The molecule has 5 aromatic rings. The van der Waals surface area contributed by atoms with Crippen molar-refractivity contribution >= 4 is 38.7 Å². The molecule has 9 heteroatoms. The van der Waals surface area contributed by atoms with Crippen LogP contribution in [0.15, 0.2) is 105 Å². The van der Waals surface area contributed by atoms with Crippen LogP contribution in [0.3, 0.4) is 0 Å². The van der Waals surface area contributed by atoms with Crippen molar-refractivity contribution in [2.75, 3.05) is 0 Å². The van der Waals surface area contributed by atoms with Crippen LogP contribution in [0.4, 0.5) is 5.69 Å². The van der Waals surface area contributed by atoms with Gasteiger partial charge in [-0.05, 0) is 30.7 Å². The van der Waals surface area contributed by atoms with Crippen LogP contribution in [0.2, 0.25) is 0 Å². The Morgan fingerprint density at radius 3 is 2.55 bits per heavy atom. The Morgan fingerprint density at radius 1 is 1.03 bits per heavy atom. The SMILES string of the molecule is Cc1cccc(COc2c(C=Nn3c(-c4ccccc4)nc4ccccc4c3=O)cc(Br)cc2[N+](=O)[O-])c1. The van der Waals surface area contributed by atoms with E-state index < -0.39 is 4.92 Å². The number of aromatic nitrogens is 2. The molecule has 1 aromatic heterocycles. The van der Waals surface area contributed by atoms with Gasteiger partial charge >= 0.3 is 5.69 Å². The molecule has 5 rings (SSSR count). The first-order valence-electron chi connectivity index (χ1n) is 11.7. The maximum Gasteiger partial charge on any atom is 0.312 e. The summed E-state index contributed by atoms with van der Waals surface area (Å²) in [5.41, 5.74) is 2.91. The van der Waals surface area contributed by atoms with E-state index in [-0.39, 0.29) is 23.6 Å². The van der Waals surface area contributed by atoms with E-state index in [0.717, 1.165) is 11.1 Å². The Morgan fingerprint density at radius 2 is 1.79 bits per heavy atom. The minimum atomic E-state index is -0.507. The summed E-state index contributed by atoms with van der Waals surface area (Å²) >= 11 is 3.34. The van der Waals surface area contributed by atoms with Crippen LogP contribution >= 0.6 is 15.9 Å². The van der Waals surface area contributed by atoms with Gasteiger partial charge in [0.1, 0.15) is 6.61 Å². The topological polar surface area (TPSA) is 99.6 Å². The normalized spacial score (nSPS) is 11.2. The van der Waals surface area contributed by atoms with Gasteiger partial charge in [0.05, 0.1) is 22.0 Å². The summed E-state index contributed by atoms with van der Waals surface area (Å²) in [7, 11) is 0. The van der Waals surface area contributed by atoms with Crippen molar-refractivity contribution in [3.8, 4) is 17.1 Å².